The average Bonchev–Trinajstić information content (AvgIpc) is 2.27. The highest BCUT2D eigenvalue weighted by Crippen LogP contribution is 2.35. The van der Waals surface area contributed by atoms with E-state index in [2.05, 4.69) is 47.2 Å². The fourth-order valence-corrected chi connectivity index (χ4v) is 3.15. The van der Waals surface area contributed by atoms with Crippen LogP contribution in [0.3, 0.4) is 0 Å². The van der Waals surface area contributed by atoms with E-state index < -0.39 is 0 Å². The van der Waals surface area contributed by atoms with Gasteiger partial charge < -0.3 is 10.2 Å². The number of hydrogen-bond donors (Lipinski definition) is 1. The number of carbonyl (C=O) groups excluding carboxylic acids is 1. The van der Waals surface area contributed by atoms with Gasteiger partial charge in [0, 0.05) is 23.8 Å². The molecule has 0 saturated heterocycles. The van der Waals surface area contributed by atoms with E-state index in [0.29, 0.717) is 6.42 Å². The maximum atomic E-state index is 11.6. The quantitative estimate of drug-likeness (QED) is 0.791. The normalized spacial score (nSPS) is 29.4. The van der Waals surface area contributed by atoms with E-state index in [-0.39, 0.29) is 11.4 Å². The summed E-state index contributed by atoms with van der Waals surface area (Å²) in [5.74, 6) is 0.917. The predicted octanol–water partition coefficient (Wildman–Crippen LogP) is 2.40. The van der Waals surface area contributed by atoms with Gasteiger partial charge in [0.1, 0.15) is 0 Å². The summed E-state index contributed by atoms with van der Waals surface area (Å²) in [7, 11) is 4.27. The Labute approximate surface area is 113 Å². The molecule has 0 aromatic heterocycles. The number of halogens is 1. The van der Waals surface area contributed by atoms with Gasteiger partial charge >= 0.3 is 0 Å². The Morgan fingerprint density at radius 3 is 2.76 bits per heavy atom. The second-order valence-electron chi connectivity index (χ2n) is 5.54. The van der Waals surface area contributed by atoms with Gasteiger partial charge in [0.2, 0.25) is 5.91 Å². The van der Waals surface area contributed by atoms with Crippen molar-refractivity contribution in [1.29, 1.82) is 0 Å². The van der Waals surface area contributed by atoms with Crippen LogP contribution in [0.2, 0.25) is 0 Å². The Morgan fingerprint density at radius 1 is 1.53 bits per heavy atom. The predicted molar refractivity (Wildman–Crippen MR) is 75.5 cm³/mol. The van der Waals surface area contributed by atoms with Gasteiger partial charge in [0.05, 0.1) is 0 Å². The van der Waals surface area contributed by atoms with Crippen molar-refractivity contribution in [2.75, 3.05) is 26.0 Å². The van der Waals surface area contributed by atoms with Gasteiger partial charge in [-0.3, -0.25) is 4.79 Å². The molecule has 2 unspecified atom stereocenters. The van der Waals surface area contributed by atoms with Crippen molar-refractivity contribution in [1.82, 2.24) is 10.2 Å². The van der Waals surface area contributed by atoms with Crippen LogP contribution in [-0.2, 0) is 4.79 Å². The van der Waals surface area contributed by atoms with Gasteiger partial charge in [-0.2, -0.15) is 0 Å². The smallest absolute Gasteiger partial charge is 0.220 e. The van der Waals surface area contributed by atoms with Gasteiger partial charge in [-0.25, -0.2) is 0 Å². The highest BCUT2D eigenvalue weighted by atomic mass is 79.9. The molecule has 0 aliphatic heterocycles. The number of alkyl halides is 1. The minimum Gasteiger partial charge on any atom is -0.354 e. The largest absolute Gasteiger partial charge is 0.354 e. The van der Waals surface area contributed by atoms with Crippen LogP contribution in [0.5, 0.6) is 0 Å². The fourth-order valence-electron chi connectivity index (χ4n) is 2.79. The third-order valence-corrected chi connectivity index (χ3v) is 4.35. The lowest BCUT2D eigenvalue weighted by atomic mass is 9.75. The van der Waals surface area contributed by atoms with E-state index in [9.17, 15) is 4.79 Å². The molecule has 0 aromatic carbocycles. The molecule has 2 atom stereocenters. The molecule has 1 amide bonds. The number of nitrogens with one attached hydrogen (secondary N) is 1. The molecule has 1 fully saturated rings. The summed E-state index contributed by atoms with van der Waals surface area (Å²) >= 11 is 3.30. The zero-order valence-corrected chi connectivity index (χ0v) is 12.8. The van der Waals surface area contributed by atoms with Crippen LogP contribution < -0.4 is 5.32 Å². The lowest BCUT2D eigenvalue weighted by Gasteiger charge is -2.45. The van der Waals surface area contributed by atoms with Crippen molar-refractivity contribution in [3.8, 4) is 0 Å². The van der Waals surface area contributed by atoms with E-state index in [0.717, 1.165) is 17.8 Å². The molecular weight excluding hydrogens is 280 g/mol. The van der Waals surface area contributed by atoms with Gasteiger partial charge in [-0.05, 0) is 32.9 Å². The van der Waals surface area contributed by atoms with Crippen molar-refractivity contribution >= 4 is 21.8 Å². The summed E-state index contributed by atoms with van der Waals surface area (Å²) in [4.78, 5) is 13.9. The highest BCUT2D eigenvalue weighted by molar-refractivity contribution is 9.09. The van der Waals surface area contributed by atoms with Crippen LogP contribution in [0.25, 0.3) is 0 Å². The van der Waals surface area contributed by atoms with Gasteiger partial charge in [-0.15, -0.1) is 0 Å². The van der Waals surface area contributed by atoms with Crippen LogP contribution in [0, 0.1) is 5.92 Å². The van der Waals surface area contributed by atoms with E-state index in [1.165, 1.54) is 25.7 Å². The van der Waals surface area contributed by atoms with Gasteiger partial charge in [0.15, 0.2) is 0 Å². The Kier molecular flexibility index (Phi) is 5.93. The molecule has 1 rings (SSSR count). The van der Waals surface area contributed by atoms with Crippen molar-refractivity contribution in [3.05, 3.63) is 0 Å². The Morgan fingerprint density at radius 2 is 2.24 bits per heavy atom. The molecule has 1 saturated carbocycles. The van der Waals surface area contributed by atoms with Crippen LogP contribution in [0.15, 0.2) is 0 Å². The molecule has 4 heteroatoms. The van der Waals surface area contributed by atoms with E-state index >= 15 is 0 Å². The Balaban J connectivity index is 2.56. The summed E-state index contributed by atoms with van der Waals surface area (Å²) in [6.45, 7) is 3.11. The van der Waals surface area contributed by atoms with Gasteiger partial charge in [-0.1, -0.05) is 35.7 Å². The zero-order valence-electron chi connectivity index (χ0n) is 11.3. The number of hydrogen-bond acceptors (Lipinski definition) is 2. The summed E-state index contributed by atoms with van der Waals surface area (Å²) in [6, 6.07) is 0. The molecule has 0 bridgehead atoms. The van der Waals surface area contributed by atoms with E-state index in [1.807, 2.05) is 0 Å². The third-order valence-electron chi connectivity index (χ3n) is 3.95. The molecule has 1 aliphatic rings. The van der Waals surface area contributed by atoms with Crippen LogP contribution in [-0.4, -0.2) is 42.3 Å². The van der Waals surface area contributed by atoms with Crippen LogP contribution in [0.4, 0.5) is 0 Å². The SMILES string of the molecule is CC1CCCC(CNC(=O)CCBr)(N(C)C)C1. The second kappa shape index (κ2) is 6.74. The molecule has 0 heterocycles. The number of amides is 1. The Bertz CT molecular complexity index is 258. The molecular formula is C13H25BrN2O. The fraction of sp³-hybridized carbons (Fsp3) is 0.923. The molecule has 17 heavy (non-hydrogen) atoms. The average molecular weight is 305 g/mol. The lowest BCUT2D eigenvalue weighted by molar-refractivity contribution is -0.121. The van der Waals surface area contributed by atoms with E-state index in [1.54, 1.807) is 0 Å². The molecule has 0 aromatic rings. The lowest BCUT2D eigenvalue weighted by Crippen LogP contribution is -2.55. The standard InChI is InChI=1S/C13H25BrN2O/c1-11-5-4-7-13(9-11,16(2)3)10-15-12(17)6-8-14/h11H,4-10H2,1-3H3,(H,15,17). The molecule has 3 nitrogen and oxygen atoms in total. The van der Waals surface area contributed by atoms with Gasteiger partial charge in [0.25, 0.3) is 0 Å². The first-order valence-electron chi connectivity index (χ1n) is 6.50. The number of nitrogens with zero attached hydrogens (tertiary/aromatic N) is 1. The van der Waals surface area contributed by atoms with Crippen LogP contribution in [0.1, 0.15) is 39.0 Å². The monoisotopic (exact) mass is 304 g/mol. The first-order chi connectivity index (χ1) is 8.00. The summed E-state index contributed by atoms with van der Waals surface area (Å²) < 4.78 is 0. The maximum absolute atomic E-state index is 11.6. The van der Waals surface area contributed by atoms with Crippen molar-refractivity contribution in [3.63, 3.8) is 0 Å². The first kappa shape index (κ1) is 15.0. The molecule has 100 valence electrons. The second-order valence-corrected chi connectivity index (χ2v) is 6.33. The van der Waals surface area contributed by atoms with E-state index in [4.69, 9.17) is 0 Å². The van der Waals surface area contributed by atoms with Crippen molar-refractivity contribution in [2.24, 2.45) is 5.92 Å². The highest BCUT2D eigenvalue weighted by Gasteiger charge is 2.36. The summed E-state index contributed by atoms with van der Waals surface area (Å²) in [5.41, 5.74) is 0.166. The molecule has 1 aliphatic carbocycles. The Hall–Kier alpha value is -0.0900. The first-order valence-corrected chi connectivity index (χ1v) is 7.62. The zero-order chi connectivity index (χ0) is 12.9. The molecule has 1 N–H and O–H groups in total. The third kappa shape index (κ3) is 4.25. The molecule has 0 spiro atoms. The minimum atomic E-state index is 0.154. The number of carbonyl (C=O) groups is 1. The summed E-state index contributed by atoms with van der Waals surface area (Å²) in [6.07, 6.45) is 5.55. The number of likely N-dealkylation sites (N-methyl/N-ethyl adjacent to an activating group) is 1. The topological polar surface area (TPSA) is 32.3 Å². The van der Waals surface area contributed by atoms with Crippen molar-refractivity contribution < 1.29 is 4.79 Å². The van der Waals surface area contributed by atoms with Crippen LogP contribution >= 0.6 is 15.9 Å². The minimum absolute atomic E-state index is 0.154. The van der Waals surface area contributed by atoms with Crippen molar-refractivity contribution in [2.45, 2.75) is 44.6 Å². The number of rotatable bonds is 5. The summed E-state index contributed by atoms with van der Waals surface area (Å²) in [5, 5.41) is 3.83. The molecule has 0 radical (unpaired) electrons. The maximum Gasteiger partial charge on any atom is 0.220 e.